The zero-order valence-electron chi connectivity index (χ0n) is 12.2. The molecule has 1 aliphatic rings. The minimum absolute atomic E-state index is 0.320. The minimum Gasteiger partial charge on any atom is -0.494 e. The molecule has 0 aliphatic carbocycles. The standard InChI is InChI=1S/C16H25NOS/c1-4-11-18-14-8-6-13(7-9-14)15(17-3)16(2)10-5-12-19-16/h6-9,15,17H,4-5,10-12H2,1-3H3. The Morgan fingerprint density at radius 1 is 1.37 bits per heavy atom. The van der Waals surface area contributed by atoms with Crippen LogP contribution in [0.4, 0.5) is 0 Å². The molecule has 1 heterocycles. The maximum atomic E-state index is 5.65. The summed E-state index contributed by atoms with van der Waals surface area (Å²) in [6.45, 7) is 5.30. The van der Waals surface area contributed by atoms with E-state index in [2.05, 4.69) is 62.2 Å². The maximum absolute atomic E-state index is 5.65. The largest absolute Gasteiger partial charge is 0.494 e. The predicted octanol–water partition coefficient (Wildman–Crippen LogP) is 4.02. The lowest BCUT2D eigenvalue weighted by Gasteiger charge is -2.33. The number of hydrogen-bond acceptors (Lipinski definition) is 3. The van der Waals surface area contributed by atoms with Crippen molar-refractivity contribution in [2.75, 3.05) is 19.4 Å². The van der Waals surface area contributed by atoms with Gasteiger partial charge in [0.2, 0.25) is 0 Å². The number of benzene rings is 1. The molecular weight excluding hydrogens is 254 g/mol. The zero-order valence-corrected chi connectivity index (χ0v) is 13.1. The van der Waals surface area contributed by atoms with Gasteiger partial charge in [-0.2, -0.15) is 11.8 Å². The second-order valence-electron chi connectivity index (χ2n) is 5.40. The smallest absolute Gasteiger partial charge is 0.119 e. The van der Waals surface area contributed by atoms with Crippen LogP contribution in [0.2, 0.25) is 0 Å². The first-order valence-corrected chi connectivity index (χ1v) is 8.22. The lowest BCUT2D eigenvalue weighted by molar-refractivity contribution is 0.317. The number of hydrogen-bond donors (Lipinski definition) is 1. The summed E-state index contributed by atoms with van der Waals surface area (Å²) in [5.41, 5.74) is 1.36. The van der Waals surface area contributed by atoms with E-state index < -0.39 is 0 Å². The molecule has 1 aliphatic heterocycles. The molecule has 1 fully saturated rings. The molecule has 1 saturated heterocycles. The van der Waals surface area contributed by atoms with Gasteiger partial charge in [0.25, 0.3) is 0 Å². The molecular formula is C16H25NOS. The van der Waals surface area contributed by atoms with E-state index in [1.165, 1.54) is 24.2 Å². The first-order chi connectivity index (χ1) is 9.19. The Morgan fingerprint density at radius 2 is 2.11 bits per heavy atom. The van der Waals surface area contributed by atoms with Crippen LogP contribution in [0.3, 0.4) is 0 Å². The molecule has 3 heteroatoms. The van der Waals surface area contributed by atoms with Gasteiger partial charge in [0.1, 0.15) is 5.75 Å². The van der Waals surface area contributed by atoms with Gasteiger partial charge in [-0.1, -0.05) is 19.1 Å². The summed E-state index contributed by atoms with van der Waals surface area (Å²) in [7, 11) is 2.07. The van der Waals surface area contributed by atoms with Crippen LogP contribution in [0, 0.1) is 0 Å². The second-order valence-corrected chi connectivity index (χ2v) is 7.03. The number of thioether (sulfide) groups is 1. The average molecular weight is 279 g/mol. The highest BCUT2D eigenvalue weighted by atomic mass is 32.2. The van der Waals surface area contributed by atoms with E-state index in [1.54, 1.807) is 0 Å². The van der Waals surface area contributed by atoms with Crippen molar-refractivity contribution < 1.29 is 4.74 Å². The molecule has 19 heavy (non-hydrogen) atoms. The summed E-state index contributed by atoms with van der Waals surface area (Å²) in [6, 6.07) is 9.02. The molecule has 2 nitrogen and oxygen atoms in total. The van der Waals surface area contributed by atoms with Gasteiger partial charge in [-0.15, -0.1) is 0 Å². The SMILES string of the molecule is CCCOc1ccc(C(NC)C2(C)CCCS2)cc1. The predicted molar refractivity (Wildman–Crippen MR) is 84.1 cm³/mol. The zero-order chi connectivity index (χ0) is 13.7. The van der Waals surface area contributed by atoms with Crippen LogP contribution in [-0.4, -0.2) is 24.2 Å². The van der Waals surface area contributed by atoms with Crippen molar-refractivity contribution in [3.05, 3.63) is 29.8 Å². The van der Waals surface area contributed by atoms with Crippen molar-refractivity contribution in [3.8, 4) is 5.75 Å². The minimum atomic E-state index is 0.320. The van der Waals surface area contributed by atoms with Crippen LogP contribution in [-0.2, 0) is 0 Å². The molecule has 2 atom stereocenters. The van der Waals surface area contributed by atoms with Gasteiger partial charge in [-0.3, -0.25) is 0 Å². The van der Waals surface area contributed by atoms with E-state index in [-0.39, 0.29) is 0 Å². The highest BCUT2D eigenvalue weighted by Crippen LogP contribution is 2.46. The third-order valence-electron chi connectivity index (χ3n) is 3.83. The lowest BCUT2D eigenvalue weighted by atomic mass is 9.90. The van der Waals surface area contributed by atoms with Crippen LogP contribution in [0.1, 0.15) is 44.7 Å². The van der Waals surface area contributed by atoms with Crippen molar-refractivity contribution in [3.63, 3.8) is 0 Å². The Labute approximate surface area is 121 Å². The third-order valence-corrected chi connectivity index (χ3v) is 5.43. The molecule has 1 aromatic rings. The van der Waals surface area contributed by atoms with Crippen molar-refractivity contribution in [2.45, 2.75) is 43.9 Å². The molecule has 1 N–H and O–H groups in total. The van der Waals surface area contributed by atoms with Gasteiger partial charge >= 0.3 is 0 Å². The van der Waals surface area contributed by atoms with Crippen molar-refractivity contribution in [1.82, 2.24) is 5.32 Å². The summed E-state index contributed by atoms with van der Waals surface area (Å²) in [5, 5.41) is 3.50. The Morgan fingerprint density at radius 3 is 2.63 bits per heavy atom. The van der Waals surface area contributed by atoms with Crippen LogP contribution >= 0.6 is 11.8 Å². The summed E-state index contributed by atoms with van der Waals surface area (Å²) in [5.74, 6) is 2.26. The Hall–Kier alpha value is -0.670. The fourth-order valence-electron chi connectivity index (χ4n) is 2.83. The van der Waals surface area contributed by atoms with Crippen LogP contribution in [0.25, 0.3) is 0 Å². The summed E-state index contributed by atoms with van der Waals surface area (Å²) in [4.78, 5) is 0. The summed E-state index contributed by atoms with van der Waals surface area (Å²) in [6.07, 6.45) is 3.67. The average Bonchev–Trinajstić information content (AvgIpc) is 2.86. The van der Waals surface area contributed by atoms with E-state index in [1.807, 2.05) is 0 Å². The van der Waals surface area contributed by atoms with Crippen LogP contribution in [0.15, 0.2) is 24.3 Å². The highest BCUT2D eigenvalue weighted by molar-refractivity contribution is 8.00. The van der Waals surface area contributed by atoms with E-state index in [4.69, 9.17) is 4.74 Å². The molecule has 2 unspecified atom stereocenters. The summed E-state index contributed by atoms with van der Waals surface area (Å²) >= 11 is 2.10. The Balaban J connectivity index is 2.10. The quantitative estimate of drug-likeness (QED) is 0.849. The number of rotatable bonds is 6. The van der Waals surface area contributed by atoms with Gasteiger partial charge in [0.15, 0.2) is 0 Å². The van der Waals surface area contributed by atoms with E-state index in [9.17, 15) is 0 Å². The summed E-state index contributed by atoms with van der Waals surface area (Å²) < 4.78 is 5.97. The van der Waals surface area contributed by atoms with E-state index in [0.29, 0.717) is 10.8 Å². The molecule has 0 saturated carbocycles. The van der Waals surface area contributed by atoms with E-state index >= 15 is 0 Å². The molecule has 0 amide bonds. The molecule has 0 spiro atoms. The molecule has 0 bridgehead atoms. The Kier molecular flexibility index (Phi) is 5.17. The van der Waals surface area contributed by atoms with Crippen molar-refractivity contribution in [1.29, 1.82) is 0 Å². The van der Waals surface area contributed by atoms with E-state index in [0.717, 1.165) is 18.8 Å². The van der Waals surface area contributed by atoms with Gasteiger partial charge in [-0.05, 0) is 56.7 Å². The molecule has 1 aromatic carbocycles. The van der Waals surface area contributed by atoms with Gasteiger partial charge in [0, 0.05) is 10.8 Å². The van der Waals surface area contributed by atoms with Gasteiger partial charge < -0.3 is 10.1 Å². The monoisotopic (exact) mass is 279 g/mol. The number of nitrogens with one attached hydrogen (secondary N) is 1. The molecule has 0 aromatic heterocycles. The fraction of sp³-hybridized carbons (Fsp3) is 0.625. The first kappa shape index (κ1) is 14.7. The van der Waals surface area contributed by atoms with Gasteiger partial charge in [0.05, 0.1) is 6.61 Å². The van der Waals surface area contributed by atoms with Gasteiger partial charge in [-0.25, -0.2) is 0 Å². The normalized spacial score (nSPS) is 24.4. The second kappa shape index (κ2) is 6.67. The van der Waals surface area contributed by atoms with Crippen molar-refractivity contribution >= 4 is 11.8 Å². The maximum Gasteiger partial charge on any atom is 0.119 e. The molecule has 0 radical (unpaired) electrons. The van der Waals surface area contributed by atoms with Crippen LogP contribution in [0.5, 0.6) is 5.75 Å². The molecule has 2 rings (SSSR count). The number of ether oxygens (including phenoxy) is 1. The highest BCUT2D eigenvalue weighted by Gasteiger charge is 2.37. The fourth-order valence-corrected chi connectivity index (χ4v) is 4.29. The molecule has 106 valence electrons. The third kappa shape index (κ3) is 3.46. The topological polar surface area (TPSA) is 21.3 Å². The lowest BCUT2D eigenvalue weighted by Crippen LogP contribution is -2.35. The first-order valence-electron chi connectivity index (χ1n) is 7.23. The Bertz CT molecular complexity index is 384. The van der Waals surface area contributed by atoms with Crippen molar-refractivity contribution in [2.24, 2.45) is 0 Å². The van der Waals surface area contributed by atoms with Crippen LogP contribution < -0.4 is 10.1 Å².